The van der Waals surface area contributed by atoms with E-state index in [9.17, 15) is 5.11 Å². The van der Waals surface area contributed by atoms with Crippen molar-refractivity contribution in [1.82, 2.24) is 4.98 Å². The Morgan fingerprint density at radius 3 is 2.85 bits per heavy atom. The van der Waals surface area contributed by atoms with Crippen LogP contribution in [0.2, 0.25) is 0 Å². The van der Waals surface area contributed by atoms with Crippen LogP contribution >= 0.6 is 0 Å². The molecular formula is C11H15NO. The molecule has 1 fully saturated rings. The van der Waals surface area contributed by atoms with Crippen molar-refractivity contribution >= 4 is 0 Å². The summed E-state index contributed by atoms with van der Waals surface area (Å²) < 4.78 is 0. The number of pyridine rings is 1. The van der Waals surface area contributed by atoms with Gasteiger partial charge in [-0.25, -0.2) is 0 Å². The van der Waals surface area contributed by atoms with Crippen molar-refractivity contribution in [1.29, 1.82) is 0 Å². The number of aliphatic hydroxyl groups excluding tert-OH is 1. The highest BCUT2D eigenvalue weighted by molar-refractivity contribution is 5.31. The normalized spacial score (nSPS) is 17.1. The van der Waals surface area contributed by atoms with Gasteiger partial charge in [0.2, 0.25) is 0 Å². The molecule has 0 aromatic carbocycles. The summed E-state index contributed by atoms with van der Waals surface area (Å²) in [6.07, 6.45) is 5.64. The second-order valence-electron chi connectivity index (χ2n) is 3.78. The fourth-order valence-electron chi connectivity index (χ4n) is 1.85. The van der Waals surface area contributed by atoms with Crippen molar-refractivity contribution in [2.45, 2.75) is 38.7 Å². The molecule has 13 heavy (non-hydrogen) atoms. The summed E-state index contributed by atoms with van der Waals surface area (Å²) in [4.78, 5) is 4.37. The highest BCUT2D eigenvalue weighted by Crippen LogP contribution is 2.37. The molecular weight excluding hydrogens is 162 g/mol. The first kappa shape index (κ1) is 8.70. The van der Waals surface area contributed by atoms with Crippen LogP contribution in [0.25, 0.3) is 0 Å². The second kappa shape index (κ2) is 3.46. The van der Waals surface area contributed by atoms with E-state index in [1.807, 2.05) is 19.2 Å². The van der Waals surface area contributed by atoms with Crippen molar-refractivity contribution in [3.05, 3.63) is 29.1 Å². The average molecular weight is 177 g/mol. The smallest absolute Gasteiger partial charge is 0.0702 e. The standard InChI is InChI=1S/C11H15NO/c1-8-5-6-12-11(10(8)7-13)9-3-2-4-9/h5-6,9,13H,2-4,7H2,1H3. The minimum Gasteiger partial charge on any atom is -0.392 e. The zero-order valence-corrected chi connectivity index (χ0v) is 7.95. The van der Waals surface area contributed by atoms with E-state index in [-0.39, 0.29) is 6.61 Å². The Hall–Kier alpha value is -0.890. The van der Waals surface area contributed by atoms with E-state index in [4.69, 9.17) is 0 Å². The molecule has 0 saturated heterocycles. The maximum atomic E-state index is 9.23. The lowest BCUT2D eigenvalue weighted by atomic mass is 9.80. The van der Waals surface area contributed by atoms with Gasteiger partial charge in [0.15, 0.2) is 0 Å². The van der Waals surface area contributed by atoms with E-state index < -0.39 is 0 Å². The molecule has 1 heterocycles. The van der Waals surface area contributed by atoms with Gasteiger partial charge >= 0.3 is 0 Å². The third-order valence-electron chi connectivity index (χ3n) is 2.97. The third kappa shape index (κ3) is 1.46. The number of hydrogen-bond donors (Lipinski definition) is 1. The molecule has 1 aromatic heterocycles. The minimum absolute atomic E-state index is 0.130. The maximum Gasteiger partial charge on any atom is 0.0702 e. The molecule has 2 nitrogen and oxygen atoms in total. The van der Waals surface area contributed by atoms with Crippen molar-refractivity contribution in [3.63, 3.8) is 0 Å². The molecule has 0 bridgehead atoms. The predicted molar refractivity (Wildman–Crippen MR) is 51.5 cm³/mol. The number of aromatic nitrogens is 1. The van der Waals surface area contributed by atoms with Crippen molar-refractivity contribution < 1.29 is 5.11 Å². The Balaban J connectivity index is 2.37. The summed E-state index contributed by atoms with van der Waals surface area (Å²) >= 11 is 0. The summed E-state index contributed by atoms with van der Waals surface area (Å²) in [6.45, 7) is 2.17. The van der Waals surface area contributed by atoms with Gasteiger partial charge in [-0.15, -0.1) is 0 Å². The first-order valence-electron chi connectivity index (χ1n) is 4.88. The van der Waals surface area contributed by atoms with E-state index in [0.29, 0.717) is 5.92 Å². The molecule has 0 radical (unpaired) electrons. The number of aliphatic hydroxyl groups is 1. The molecule has 0 unspecified atom stereocenters. The summed E-state index contributed by atoms with van der Waals surface area (Å²) in [5, 5.41) is 9.23. The van der Waals surface area contributed by atoms with Crippen LogP contribution in [0.3, 0.4) is 0 Å². The molecule has 0 spiro atoms. The molecule has 0 amide bonds. The number of rotatable bonds is 2. The van der Waals surface area contributed by atoms with E-state index >= 15 is 0 Å². The van der Waals surface area contributed by atoms with Gasteiger partial charge in [0.1, 0.15) is 0 Å². The van der Waals surface area contributed by atoms with E-state index in [2.05, 4.69) is 4.98 Å². The van der Waals surface area contributed by atoms with Gasteiger partial charge in [-0.05, 0) is 31.4 Å². The lowest BCUT2D eigenvalue weighted by Gasteiger charge is -2.26. The van der Waals surface area contributed by atoms with E-state index in [1.165, 1.54) is 24.8 Å². The van der Waals surface area contributed by atoms with E-state index in [1.54, 1.807) is 0 Å². The topological polar surface area (TPSA) is 33.1 Å². The van der Waals surface area contributed by atoms with Crippen molar-refractivity contribution in [2.24, 2.45) is 0 Å². The van der Waals surface area contributed by atoms with Gasteiger partial charge in [0.25, 0.3) is 0 Å². The van der Waals surface area contributed by atoms with Crippen LogP contribution in [0.5, 0.6) is 0 Å². The van der Waals surface area contributed by atoms with Crippen molar-refractivity contribution in [3.8, 4) is 0 Å². The molecule has 2 rings (SSSR count). The number of aryl methyl sites for hydroxylation is 1. The molecule has 1 N–H and O–H groups in total. The zero-order valence-electron chi connectivity index (χ0n) is 7.95. The van der Waals surface area contributed by atoms with E-state index in [0.717, 1.165) is 11.3 Å². The lowest BCUT2D eigenvalue weighted by Crippen LogP contribution is -2.14. The molecule has 1 aromatic rings. The largest absolute Gasteiger partial charge is 0.392 e. The van der Waals surface area contributed by atoms with Crippen LogP contribution in [-0.2, 0) is 6.61 Å². The summed E-state index contributed by atoms with van der Waals surface area (Å²) in [5.41, 5.74) is 3.35. The predicted octanol–water partition coefficient (Wildman–Crippen LogP) is 2.15. The summed E-state index contributed by atoms with van der Waals surface area (Å²) in [5.74, 6) is 0.613. The zero-order chi connectivity index (χ0) is 9.26. The molecule has 1 aliphatic rings. The highest BCUT2D eigenvalue weighted by atomic mass is 16.3. The summed E-state index contributed by atoms with van der Waals surface area (Å²) in [7, 11) is 0. The maximum absolute atomic E-state index is 9.23. The van der Waals surface area contributed by atoms with Gasteiger partial charge < -0.3 is 5.11 Å². The lowest BCUT2D eigenvalue weighted by molar-refractivity contribution is 0.275. The third-order valence-corrected chi connectivity index (χ3v) is 2.97. The molecule has 2 heteroatoms. The highest BCUT2D eigenvalue weighted by Gasteiger charge is 2.23. The Morgan fingerprint density at radius 2 is 2.31 bits per heavy atom. The van der Waals surface area contributed by atoms with Gasteiger partial charge in [0.05, 0.1) is 6.61 Å². The van der Waals surface area contributed by atoms with Gasteiger partial charge in [-0.1, -0.05) is 6.42 Å². The first-order chi connectivity index (χ1) is 6.33. The van der Waals surface area contributed by atoms with Gasteiger partial charge in [0, 0.05) is 23.4 Å². The molecule has 0 atom stereocenters. The van der Waals surface area contributed by atoms with Crippen LogP contribution in [0.4, 0.5) is 0 Å². The van der Waals surface area contributed by atoms with Crippen LogP contribution in [-0.4, -0.2) is 10.1 Å². The average Bonchev–Trinajstić information content (AvgIpc) is 2.01. The minimum atomic E-state index is 0.130. The molecule has 0 aliphatic heterocycles. The Kier molecular flexibility index (Phi) is 2.32. The van der Waals surface area contributed by atoms with Gasteiger partial charge in [-0.3, -0.25) is 4.98 Å². The van der Waals surface area contributed by atoms with Gasteiger partial charge in [-0.2, -0.15) is 0 Å². The molecule has 1 saturated carbocycles. The SMILES string of the molecule is Cc1ccnc(C2CCC2)c1CO. The van der Waals surface area contributed by atoms with Crippen LogP contribution in [0, 0.1) is 6.92 Å². The second-order valence-corrected chi connectivity index (χ2v) is 3.78. The molecule has 70 valence electrons. The fourth-order valence-corrected chi connectivity index (χ4v) is 1.85. The number of nitrogens with zero attached hydrogens (tertiary/aromatic N) is 1. The summed E-state index contributed by atoms with van der Waals surface area (Å²) in [6, 6.07) is 1.97. The van der Waals surface area contributed by atoms with Crippen LogP contribution < -0.4 is 0 Å². The Labute approximate surface area is 78.6 Å². The Morgan fingerprint density at radius 1 is 1.54 bits per heavy atom. The monoisotopic (exact) mass is 177 g/mol. The van der Waals surface area contributed by atoms with Crippen LogP contribution in [0.15, 0.2) is 12.3 Å². The van der Waals surface area contributed by atoms with Crippen molar-refractivity contribution in [2.75, 3.05) is 0 Å². The number of hydrogen-bond acceptors (Lipinski definition) is 2. The van der Waals surface area contributed by atoms with Crippen LogP contribution in [0.1, 0.15) is 42.0 Å². The Bertz CT molecular complexity index is 305. The fraction of sp³-hybridized carbons (Fsp3) is 0.545. The quantitative estimate of drug-likeness (QED) is 0.750. The first-order valence-corrected chi connectivity index (χ1v) is 4.88. The molecule has 1 aliphatic carbocycles.